The van der Waals surface area contributed by atoms with Crippen LogP contribution in [0.15, 0.2) is 47.3 Å². The number of fused-ring (bicyclic) bond motifs is 1. The highest BCUT2D eigenvalue weighted by Crippen LogP contribution is 2.15. The van der Waals surface area contributed by atoms with Crippen molar-refractivity contribution < 1.29 is 4.79 Å². The summed E-state index contributed by atoms with van der Waals surface area (Å²) in [4.78, 5) is 31.4. The second-order valence-electron chi connectivity index (χ2n) is 7.14. The average Bonchev–Trinajstić information content (AvgIpc) is 2.67. The fraction of sp³-hybridized carbons (Fsp3) is 0.318. The summed E-state index contributed by atoms with van der Waals surface area (Å²) >= 11 is 0. The minimum atomic E-state index is -0.157. The molecule has 3 aromatic rings. The van der Waals surface area contributed by atoms with E-state index < -0.39 is 0 Å². The van der Waals surface area contributed by atoms with Crippen LogP contribution in [0, 0.1) is 6.92 Å². The molecule has 1 heterocycles. The molecule has 2 aromatic carbocycles. The number of aromatic nitrogens is 2. The molecule has 0 radical (unpaired) electrons. The first kappa shape index (κ1) is 19.8. The highest BCUT2D eigenvalue weighted by Gasteiger charge is 2.12. The first-order valence-electron chi connectivity index (χ1n) is 9.41. The molecule has 0 aliphatic carbocycles. The van der Waals surface area contributed by atoms with Gasteiger partial charge in [-0.05, 0) is 57.3 Å². The lowest BCUT2D eigenvalue weighted by Gasteiger charge is -2.15. The first-order valence-corrected chi connectivity index (χ1v) is 9.41. The third-order valence-electron chi connectivity index (χ3n) is 4.73. The summed E-state index contributed by atoms with van der Waals surface area (Å²) < 4.78 is 1.68. The van der Waals surface area contributed by atoms with Gasteiger partial charge in [-0.1, -0.05) is 24.3 Å². The van der Waals surface area contributed by atoms with Crippen LogP contribution >= 0.6 is 0 Å². The Morgan fingerprint density at radius 2 is 1.86 bits per heavy atom. The molecule has 0 saturated carbocycles. The number of hydrogen-bond acceptors (Lipinski definition) is 4. The summed E-state index contributed by atoms with van der Waals surface area (Å²) in [6.45, 7) is 5.46. The number of rotatable bonds is 6. The van der Waals surface area contributed by atoms with E-state index in [9.17, 15) is 9.59 Å². The SMILES string of the molecule is CCn1c(=O)c(C)nc2cc(C(=O)NCc3ccccc3CN(C)C)ccc21. The molecule has 1 aromatic heterocycles. The number of carbonyl (C=O) groups is 1. The number of amides is 1. The summed E-state index contributed by atoms with van der Waals surface area (Å²) in [7, 11) is 4.05. The minimum Gasteiger partial charge on any atom is -0.348 e. The van der Waals surface area contributed by atoms with E-state index in [0.717, 1.165) is 17.6 Å². The van der Waals surface area contributed by atoms with Crippen molar-refractivity contribution in [3.8, 4) is 0 Å². The number of nitrogens with zero attached hydrogens (tertiary/aromatic N) is 3. The molecule has 146 valence electrons. The van der Waals surface area contributed by atoms with Crippen molar-refractivity contribution in [1.29, 1.82) is 0 Å². The molecular formula is C22H26N4O2. The van der Waals surface area contributed by atoms with Crippen LogP contribution in [0.1, 0.15) is 34.1 Å². The smallest absolute Gasteiger partial charge is 0.272 e. The fourth-order valence-corrected chi connectivity index (χ4v) is 3.33. The van der Waals surface area contributed by atoms with Gasteiger partial charge >= 0.3 is 0 Å². The van der Waals surface area contributed by atoms with Crippen molar-refractivity contribution in [2.75, 3.05) is 14.1 Å². The van der Waals surface area contributed by atoms with Gasteiger partial charge in [-0.3, -0.25) is 9.59 Å². The Bertz CT molecular complexity index is 1070. The standard InChI is InChI=1S/C22H26N4O2/c1-5-26-20-11-10-16(12-19(20)24-15(2)22(26)28)21(27)23-13-17-8-6-7-9-18(17)14-25(3)4/h6-12H,5,13-14H2,1-4H3,(H,23,27). The molecule has 1 amide bonds. The number of carbonyl (C=O) groups excluding carboxylic acids is 1. The van der Waals surface area contributed by atoms with Crippen molar-refractivity contribution in [2.24, 2.45) is 0 Å². The minimum absolute atomic E-state index is 0.0929. The molecule has 1 N–H and O–H groups in total. The van der Waals surface area contributed by atoms with Gasteiger partial charge < -0.3 is 14.8 Å². The molecule has 0 atom stereocenters. The van der Waals surface area contributed by atoms with Gasteiger partial charge in [-0.25, -0.2) is 4.98 Å². The molecule has 0 bridgehead atoms. The van der Waals surface area contributed by atoms with Crippen LogP contribution < -0.4 is 10.9 Å². The highest BCUT2D eigenvalue weighted by molar-refractivity contribution is 5.97. The predicted octanol–water partition coefficient (Wildman–Crippen LogP) is 2.72. The molecule has 28 heavy (non-hydrogen) atoms. The molecule has 6 nitrogen and oxygen atoms in total. The molecule has 0 spiro atoms. The van der Waals surface area contributed by atoms with Crippen molar-refractivity contribution in [3.05, 3.63) is 75.2 Å². The van der Waals surface area contributed by atoms with E-state index in [1.165, 1.54) is 5.56 Å². The number of aryl methyl sites for hydroxylation is 2. The Morgan fingerprint density at radius 3 is 2.54 bits per heavy atom. The van der Waals surface area contributed by atoms with E-state index in [0.29, 0.717) is 29.9 Å². The Balaban J connectivity index is 1.83. The summed E-state index contributed by atoms with van der Waals surface area (Å²) in [5.74, 6) is -0.157. The van der Waals surface area contributed by atoms with Gasteiger partial charge in [-0.2, -0.15) is 0 Å². The Morgan fingerprint density at radius 1 is 1.14 bits per heavy atom. The van der Waals surface area contributed by atoms with Crippen LogP contribution in [-0.2, 0) is 19.6 Å². The van der Waals surface area contributed by atoms with Crippen molar-refractivity contribution in [3.63, 3.8) is 0 Å². The Hall–Kier alpha value is -2.99. The largest absolute Gasteiger partial charge is 0.348 e. The lowest BCUT2D eigenvalue weighted by molar-refractivity contribution is 0.0951. The maximum Gasteiger partial charge on any atom is 0.272 e. The predicted molar refractivity (Wildman–Crippen MR) is 111 cm³/mol. The molecule has 6 heteroatoms. The molecule has 0 fully saturated rings. The third-order valence-corrected chi connectivity index (χ3v) is 4.73. The molecule has 0 unspecified atom stereocenters. The zero-order valence-corrected chi connectivity index (χ0v) is 16.8. The fourth-order valence-electron chi connectivity index (χ4n) is 3.33. The molecule has 0 aliphatic rings. The van der Waals surface area contributed by atoms with Crippen molar-refractivity contribution in [2.45, 2.75) is 33.5 Å². The van der Waals surface area contributed by atoms with Crippen LogP contribution in [0.3, 0.4) is 0 Å². The van der Waals surface area contributed by atoms with Crippen molar-refractivity contribution >= 4 is 16.9 Å². The number of nitrogens with one attached hydrogen (secondary N) is 1. The summed E-state index contributed by atoms with van der Waals surface area (Å²) in [5, 5.41) is 2.99. The quantitative estimate of drug-likeness (QED) is 0.716. The Labute approximate surface area is 164 Å². The molecular weight excluding hydrogens is 352 g/mol. The Kier molecular flexibility index (Phi) is 5.90. The monoisotopic (exact) mass is 378 g/mol. The van der Waals surface area contributed by atoms with Gasteiger partial charge in [0.2, 0.25) is 0 Å². The van der Waals surface area contributed by atoms with Crippen molar-refractivity contribution in [1.82, 2.24) is 19.8 Å². The van der Waals surface area contributed by atoms with Crippen LogP contribution in [-0.4, -0.2) is 34.5 Å². The summed E-state index contributed by atoms with van der Waals surface area (Å²) in [6.07, 6.45) is 0. The first-order chi connectivity index (χ1) is 13.4. The lowest BCUT2D eigenvalue weighted by Crippen LogP contribution is -2.25. The van der Waals surface area contributed by atoms with Gasteiger partial charge in [0.1, 0.15) is 5.69 Å². The van der Waals surface area contributed by atoms with E-state index >= 15 is 0 Å². The summed E-state index contributed by atoms with van der Waals surface area (Å²) in [6, 6.07) is 13.4. The van der Waals surface area contributed by atoms with Crippen LogP contribution in [0.2, 0.25) is 0 Å². The summed E-state index contributed by atoms with van der Waals surface area (Å²) in [5.41, 5.74) is 4.56. The molecule has 0 saturated heterocycles. The van der Waals surface area contributed by atoms with Crippen LogP contribution in [0.25, 0.3) is 11.0 Å². The topological polar surface area (TPSA) is 67.2 Å². The van der Waals surface area contributed by atoms with Crippen LogP contribution in [0.4, 0.5) is 0 Å². The number of hydrogen-bond donors (Lipinski definition) is 1. The van der Waals surface area contributed by atoms with Gasteiger partial charge in [0.15, 0.2) is 0 Å². The maximum atomic E-state index is 12.7. The van der Waals surface area contributed by atoms with E-state index in [1.807, 2.05) is 39.2 Å². The average molecular weight is 378 g/mol. The highest BCUT2D eigenvalue weighted by atomic mass is 16.1. The number of benzene rings is 2. The van der Waals surface area contributed by atoms with E-state index in [4.69, 9.17) is 0 Å². The van der Waals surface area contributed by atoms with E-state index in [-0.39, 0.29) is 11.5 Å². The zero-order valence-electron chi connectivity index (χ0n) is 16.8. The normalized spacial score (nSPS) is 11.2. The van der Waals surface area contributed by atoms with Gasteiger partial charge in [0, 0.05) is 25.2 Å². The lowest BCUT2D eigenvalue weighted by atomic mass is 10.1. The van der Waals surface area contributed by atoms with Crippen LogP contribution in [0.5, 0.6) is 0 Å². The molecule has 0 aliphatic heterocycles. The second-order valence-corrected chi connectivity index (χ2v) is 7.14. The van der Waals surface area contributed by atoms with E-state index in [1.54, 1.807) is 29.7 Å². The van der Waals surface area contributed by atoms with Gasteiger partial charge in [0.25, 0.3) is 11.5 Å². The van der Waals surface area contributed by atoms with Gasteiger partial charge in [-0.15, -0.1) is 0 Å². The maximum absolute atomic E-state index is 12.7. The van der Waals surface area contributed by atoms with E-state index in [2.05, 4.69) is 21.3 Å². The molecule has 3 rings (SSSR count). The zero-order chi connectivity index (χ0) is 20.3. The second kappa shape index (κ2) is 8.35. The third kappa shape index (κ3) is 4.12. The van der Waals surface area contributed by atoms with Gasteiger partial charge in [0.05, 0.1) is 11.0 Å².